The summed E-state index contributed by atoms with van der Waals surface area (Å²) in [6.45, 7) is 2.14. The maximum absolute atomic E-state index is 11.1. The van der Waals surface area contributed by atoms with E-state index in [0.29, 0.717) is 6.42 Å². The van der Waals surface area contributed by atoms with Crippen LogP contribution in [0.25, 0.3) is 22.3 Å². The van der Waals surface area contributed by atoms with Crippen molar-refractivity contribution < 1.29 is 5.11 Å². The Morgan fingerprint density at radius 2 is 1.57 bits per heavy atom. The average Bonchev–Trinajstić information content (AvgIpc) is 3.38. The average molecular weight is 393 g/mol. The molecule has 0 saturated heterocycles. The van der Waals surface area contributed by atoms with E-state index >= 15 is 0 Å². The zero-order chi connectivity index (χ0) is 20.5. The molecule has 0 saturated carbocycles. The van der Waals surface area contributed by atoms with E-state index < -0.39 is 6.10 Å². The van der Waals surface area contributed by atoms with Crippen LogP contribution < -0.4 is 0 Å². The fraction of sp³-hybridized carbons (Fsp3) is 0.154. The summed E-state index contributed by atoms with van der Waals surface area (Å²) in [5.41, 5.74) is 7.97. The number of aliphatic hydroxyl groups is 1. The Bertz CT molecular complexity index is 1180. The van der Waals surface area contributed by atoms with Crippen molar-refractivity contribution in [2.24, 2.45) is 0 Å². The van der Waals surface area contributed by atoms with Crippen LogP contribution in [0.1, 0.15) is 42.3 Å². The molecule has 0 spiro atoms. The summed E-state index contributed by atoms with van der Waals surface area (Å²) in [6.07, 6.45) is 7.40. The molecule has 3 heterocycles. The second kappa shape index (κ2) is 7.73. The smallest absolute Gasteiger partial charge is 0.0956 e. The molecule has 4 heteroatoms. The molecule has 1 aliphatic heterocycles. The number of nitrogens with zero attached hydrogens (tertiary/aromatic N) is 3. The molecule has 1 aliphatic rings. The van der Waals surface area contributed by atoms with Crippen molar-refractivity contribution in [2.45, 2.75) is 25.5 Å². The molecule has 0 bridgehead atoms. The first-order valence-corrected chi connectivity index (χ1v) is 10.2. The van der Waals surface area contributed by atoms with Gasteiger partial charge in [-0.2, -0.15) is 0 Å². The first-order valence-electron chi connectivity index (χ1n) is 10.2. The lowest BCUT2D eigenvalue weighted by atomic mass is 9.90. The second-order valence-corrected chi connectivity index (χ2v) is 7.72. The zero-order valence-corrected chi connectivity index (χ0v) is 16.8. The minimum atomic E-state index is -0.568. The summed E-state index contributed by atoms with van der Waals surface area (Å²) in [4.78, 5) is 8.41. The molecule has 30 heavy (non-hydrogen) atoms. The molecule has 2 atom stereocenters. The van der Waals surface area contributed by atoms with Gasteiger partial charge in [-0.3, -0.25) is 4.98 Å². The predicted octanol–water partition coefficient (Wildman–Crippen LogP) is 5.55. The van der Waals surface area contributed by atoms with E-state index in [-0.39, 0.29) is 6.04 Å². The van der Waals surface area contributed by atoms with Crippen LogP contribution in [0.15, 0.2) is 91.6 Å². The monoisotopic (exact) mass is 393 g/mol. The van der Waals surface area contributed by atoms with Gasteiger partial charge in [0, 0.05) is 18.8 Å². The first-order chi connectivity index (χ1) is 14.7. The minimum absolute atomic E-state index is 0.0553. The lowest BCUT2D eigenvalue weighted by molar-refractivity contribution is 0.156. The topological polar surface area (TPSA) is 50.9 Å². The number of hydrogen-bond donors (Lipinski definition) is 1. The van der Waals surface area contributed by atoms with E-state index in [4.69, 9.17) is 0 Å². The van der Waals surface area contributed by atoms with Crippen molar-refractivity contribution >= 4 is 11.1 Å². The van der Waals surface area contributed by atoms with Crippen LogP contribution in [0, 0.1) is 0 Å². The Morgan fingerprint density at radius 3 is 2.30 bits per heavy atom. The Hall–Kier alpha value is -3.50. The number of imidazole rings is 1. The molecule has 1 N–H and O–H groups in total. The number of fused-ring (bicyclic) bond motifs is 1. The van der Waals surface area contributed by atoms with E-state index in [9.17, 15) is 5.11 Å². The molecule has 0 fully saturated rings. The van der Waals surface area contributed by atoms with Gasteiger partial charge in [0.2, 0.25) is 0 Å². The van der Waals surface area contributed by atoms with Crippen LogP contribution in [0.4, 0.5) is 0 Å². The molecule has 148 valence electrons. The van der Waals surface area contributed by atoms with Crippen LogP contribution in [-0.2, 0) is 0 Å². The third kappa shape index (κ3) is 3.25. The predicted molar refractivity (Wildman–Crippen MR) is 119 cm³/mol. The number of hydrogen-bond acceptors (Lipinski definition) is 3. The number of pyridine rings is 1. The summed E-state index contributed by atoms with van der Waals surface area (Å²) in [5.74, 6) is 0. The van der Waals surface area contributed by atoms with Gasteiger partial charge in [-0.15, -0.1) is 0 Å². The SMILES string of the molecule is CC1=C(c2ccccc2)C(CC(O)c2ccc(-c3ccncc3)cc2)n2cncc21. The lowest BCUT2D eigenvalue weighted by Crippen LogP contribution is -2.12. The van der Waals surface area contributed by atoms with E-state index in [1.165, 1.54) is 16.7 Å². The normalized spacial score (nSPS) is 16.5. The van der Waals surface area contributed by atoms with Crippen LogP contribution >= 0.6 is 0 Å². The molecule has 2 aromatic heterocycles. The van der Waals surface area contributed by atoms with Crippen LogP contribution in [0.5, 0.6) is 0 Å². The Balaban J connectivity index is 1.43. The fourth-order valence-corrected chi connectivity index (χ4v) is 4.42. The molecular formula is C26H23N3O. The van der Waals surface area contributed by atoms with Gasteiger partial charge in [-0.1, -0.05) is 54.6 Å². The Labute approximate surface area is 176 Å². The quantitative estimate of drug-likeness (QED) is 0.483. The minimum Gasteiger partial charge on any atom is -0.388 e. The van der Waals surface area contributed by atoms with Crippen molar-refractivity contribution in [1.82, 2.24) is 14.5 Å². The van der Waals surface area contributed by atoms with E-state index in [2.05, 4.69) is 57.9 Å². The third-order valence-corrected chi connectivity index (χ3v) is 5.96. The van der Waals surface area contributed by atoms with Gasteiger partial charge < -0.3 is 9.67 Å². The van der Waals surface area contributed by atoms with Crippen molar-refractivity contribution in [3.05, 3.63) is 108 Å². The molecule has 4 nitrogen and oxygen atoms in total. The highest BCUT2D eigenvalue weighted by molar-refractivity contribution is 5.93. The molecular weight excluding hydrogens is 370 g/mol. The lowest BCUT2D eigenvalue weighted by Gasteiger charge is -2.22. The summed E-state index contributed by atoms with van der Waals surface area (Å²) in [6, 6.07) is 22.6. The maximum Gasteiger partial charge on any atom is 0.0956 e. The molecule has 2 aromatic carbocycles. The third-order valence-electron chi connectivity index (χ3n) is 5.96. The highest BCUT2D eigenvalue weighted by atomic mass is 16.3. The van der Waals surface area contributed by atoms with E-state index in [1.54, 1.807) is 12.4 Å². The number of rotatable bonds is 5. The number of allylic oxidation sites excluding steroid dienone is 2. The van der Waals surface area contributed by atoms with Crippen molar-refractivity contribution in [1.29, 1.82) is 0 Å². The highest BCUT2D eigenvalue weighted by Crippen LogP contribution is 2.45. The summed E-state index contributed by atoms with van der Waals surface area (Å²) in [7, 11) is 0. The van der Waals surface area contributed by atoms with Gasteiger partial charge in [-0.25, -0.2) is 4.98 Å². The van der Waals surface area contributed by atoms with Crippen LogP contribution in [0.2, 0.25) is 0 Å². The summed E-state index contributed by atoms with van der Waals surface area (Å²) < 4.78 is 2.19. The van der Waals surface area contributed by atoms with Crippen LogP contribution in [-0.4, -0.2) is 19.6 Å². The fourth-order valence-electron chi connectivity index (χ4n) is 4.42. The van der Waals surface area contributed by atoms with Gasteiger partial charge in [0.1, 0.15) is 0 Å². The summed E-state index contributed by atoms with van der Waals surface area (Å²) in [5, 5.41) is 11.1. The number of benzene rings is 2. The maximum atomic E-state index is 11.1. The largest absolute Gasteiger partial charge is 0.388 e. The molecule has 0 radical (unpaired) electrons. The zero-order valence-electron chi connectivity index (χ0n) is 16.8. The van der Waals surface area contributed by atoms with E-state index in [1.807, 2.05) is 42.9 Å². The van der Waals surface area contributed by atoms with Gasteiger partial charge in [-0.05, 0) is 52.5 Å². The van der Waals surface area contributed by atoms with Gasteiger partial charge >= 0.3 is 0 Å². The molecule has 0 aliphatic carbocycles. The number of aliphatic hydroxyl groups excluding tert-OH is 1. The standard InChI is InChI=1S/C26H23N3O/c1-18-24-16-28-17-29(24)23(26(18)22-5-3-2-4-6-22)15-25(30)21-9-7-19(8-10-21)20-11-13-27-14-12-20/h2-14,16-17,23,25,30H,15H2,1H3. The van der Waals surface area contributed by atoms with Gasteiger partial charge in [0.25, 0.3) is 0 Å². The van der Waals surface area contributed by atoms with Gasteiger partial charge in [0.15, 0.2) is 0 Å². The highest BCUT2D eigenvalue weighted by Gasteiger charge is 2.31. The first kappa shape index (κ1) is 18.5. The Morgan fingerprint density at radius 1 is 0.867 bits per heavy atom. The molecule has 0 amide bonds. The summed E-state index contributed by atoms with van der Waals surface area (Å²) >= 11 is 0. The Kier molecular flexibility index (Phi) is 4.77. The molecule has 4 aromatic rings. The van der Waals surface area contributed by atoms with Crippen molar-refractivity contribution in [3.63, 3.8) is 0 Å². The van der Waals surface area contributed by atoms with Gasteiger partial charge in [0.05, 0.1) is 30.4 Å². The second-order valence-electron chi connectivity index (χ2n) is 7.72. The molecule has 2 unspecified atom stereocenters. The van der Waals surface area contributed by atoms with Crippen molar-refractivity contribution in [2.75, 3.05) is 0 Å². The molecule has 5 rings (SSSR count). The van der Waals surface area contributed by atoms with Crippen molar-refractivity contribution in [3.8, 4) is 11.1 Å². The van der Waals surface area contributed by atoms with Crippen LogP contribution in [0.3, 0.4) is 0 Å². The van der Waals surface area contributed by atoms with E-state index in [0.717, 1.165) is 22.4 Å². The number of aromatic nitrogens is 3.